The molecule has 6 heteroatoms. The summed E-state index contributed by atoms with van der Waals surface area (Å²) >= 11 is 0. The minimum atomic E-state index is -2.83. The Morgan fingerprint density at radius 2 is 1.30 bits per heavy atom. The first kappa shape index (κ1) is 33.0. The molecule has 0 amide bonds. The van der Waals surface area contributed by atoms with Gasteiger partial charge in [0, 0.05) is 29.3 Å². The smallest absolute Gasteiger partial charge is 0.192 e. The molecule has 2 aromatic rings. The van der Waals surface area contributed by atoms with E-state index in [1.807, 2.05) is 60.7 Å². The van der Waals surface area contributed by atoms with Crippen molar-refractivity contribution < 1.29 is 13.4 Å². The van der Waals surface area contributed by atoms with Crippen LogP contribution in [0.2, 0.25) is 36.3 Å². The monoisotopic (exact) mass is 596 g/mol. The van der Waals surface area contributed by atoms with E-state index >= 15 is 0 Å². The number of allylic oxidation sites excluding steroid dienone is 1. The van der Waals surface area contributed by atoms with Gasteiger partial charge in [0.25, 0.3) is 0 Å². The lowest BCUT2D eigenvalue weighted by Crippen LogP contribution is -2.47. The molecule has 0 unspecified atom stereocenters. The van der Waals surface area contributed by atoms with Crippen LogP contribution in [0.4, 0.5) is 0 Å². The summed E-state index contributed by atoms with van der Waals surface area (Å²) in [5.74, 6) is 0.191. The molecule has 40 heavy (non-hydrogen) atoms. The Morgan fingerprint density at radius 1 is 0.825 bits per heavy atom. The second kappa shape index (κ2) is 12.4. The highest BCUT2D eigenvalue weighted by molar-refractivity contribution is 7.78. The highest BCUT2D eigenvalue weighted by Crippen LogP contribution is 2.46. The van der Waals surface area contributed by atoms with Crippen molar-refractivity contribution in [3.63, 3.8) is 0 Å². The summed E-state index contributed by atoms with van der Waals surface area (Å²) in [6.45, 7) is 28.2. The summed E-state index contributed by atoms with van der Waals surface area (Å²) in [6.07, 6.45) is 4.42. The zero-order valence-corrected chi connectivity index (χ0v) is 29.6. The van der Waals surface area contributed by atoms with Crippen LogP contribution in [0.25, 0.3) is 0 Å². The Balaban J connectivity index is 1.96. The van der Waals surface area contributed by atoms with Crippen molar-refractivity contribution in [2.24, 2.45) is 5.92 Å². The van der Waals surface area contributed by atoms with E-state index in [9.17, 15) is 4.57 Å². The van der Waals surface area contributed by atoms with Crippen LogP contribution in [0.3, 0.4) is 0 Å². The van der Waals surface area contributed by atoms with Crippen LogP contribution < -0.4 is 10.6 Å². The fraction of sp³-hybridized carbons (Fsp3) is 0.529. The summed E-state index contributed by atoms with van der Waals surface area (Å²) in [5, 5.41) is 2.07. The first-order valence-electron chi connectivity index (χ1n) is 14.8. The van der Waals surface area contributed by atoms with Crippen molar-refractivity contribution in [2.45, 2.75) is 96.8 Å². The van der Waals surface area contributed by atoms with E-state index in [2.05, 4.69) is 80.4 Å². The fourth-order valence-corrected chi connectivity index (χ4v) is 9.52. The van der Waals surface area contributed by atoms with Gasteiger partial charge in [0.05, 0.1) is 6.10 Å². The molecule has 0 heterocycles. The second-order valence-electron chi connectivity index (χ2n) is 14.6. The molecule has 0 radical (unpaired) electrons. The number of benzene rings is 2. The molecule has 0 aromatic heterocycles. The zero-order chi connectivity index (χ0) is 30.0. The third-order valence-corrected chi connectivity index (χ3v) is 21.5. The lowest BCUT2D eigenvalue weighted by atomic mass is 9.80. The number of hydrogen-bond donors (Lipinski definition) is 0. The molecule has 3 rings (SSSR count). The molecule has 2 aromatic carbocycles. The summed E-state index contributed by atoms with van der Waals surface area (Å²) in [6, 6.07) is 19.9. The number of hydrogen-bond acceptors (Lipinski definition) is 3. The van der Waals surface area contributed by atoms with Gasteiger partial charge in [-0.3, -0.25) is 0 Å². The Kier molecular flexibility index (Phi) is 10.2. The molecule has 2 atom stereocenters. The first-order valence-corrected chi connectivity index (χ1v) is 22.5. The molecule has 0 spiro atoms. The molecule has 0 bridgehead atoms. The average Bonchev–Trinajstić information content (AvgIpc) is 2.87. The van der Waals surface area contributed by atoms with Crippen molar-refractivity contribution in [1.82, 2.24) is 0 Å². The Bertz CT molecular complexity index is 1180. The topological polar surface area (TPSA) is 35.5 Å². The molecule has 3 nitrogen and oxygen atoms in total. The van der Waals surface area contributed by atoms with Crippen LogP contribution >= 0.6 is 7.14 Å². The molecule has 0 saturated heterocycles. The molecular formula is C34H53O3PSi2. The zero-order valence-electron chi connectivity index (χ0n) is 26.7. The molecule has 0 N–H and O–H groups in total. The van der Waals surface area contributed by atoms with Crippen LogP contribution in [0.5, 0.6) is 0 Å². The van der Waals surface area contributed by atoms with Crippen LogP contribution in [0, 0.1) is 5.92 Å². The number of rotatable bonds is 9. The molecular weight excluding hydrogens is 544 g/mol. The highest BCUT2D eigenvalue weighted by atomic mass is 31.2. The van der Waals surface area contributed by atoms with Crippen molar-refractivity contribution in [1.29, 1.82) is 0 Å². The Morgan fingerprint density at radius 3 is 1.75 bits per heavy atom. The first-order chi connectivity index (χ1) is 18.4. The van der Waals surface area contributed by atoms with Crippen LogP contribution in [-0.2, 0) is 13.4 Å². The van der Waals surface area contributed by atoms with Crippen LogP contribution in [0.15, 0.2) is 84.5 Å². The quantitative estimate of drug-likeness (QED) is 0.164. The van der Waals surface area contributed by atoms with Gasteiger partial charge >= 0.3 is 0 Å². The summed E-state index contributed by atoms with van der Waals surface area (Å²) in [7, 11) is -6.77. The molecule has 0 aliphatic heterocycles. The summed E-state index contributed by atoms with van der Waals surface area (Å²) in [5.41, 5.74) is 2.47. The summed E-state index contributed by atoms with van der Waals surface area (Å²) < 4.78 is 28.4. The molecule has 1 saturated carbocycles. The predicted molar refractivity (Wildman–Crippen MR) is 180 cm³/mol. The van der Waals surface area contributed by atoms with E-state index in [4.69, 9.17) is 8.85 Å². The molecule has 1 fully saturated rings. The van der Waals surface area contributed by atoms with Crippen LogP contribution in [-0.4, -0.2) is 35.5 Å². The van der Waals surface area contributed by atoms with Gasteiger partial charge < -0.3 is 13.4 Å². The normalized spacial score (nSPS) is 20.6. The van der Waals surface area contributed by atoms with Gasteiger partial charge in [0.2, 0.25) is 0 Å². The SMILES string of the molecule is C=C1[C@H](CO[Si](C)(C)C(C)(C)C)CC(=CCP(=O)(c2ccccc2)c2ccccc2)C[C@H]1O[Si](C)(C)C(C)(C)C. The van der Waals surface area contributed by atoms with Gasteiger partial charge in [-0.2, -0.15) is 0 Å². The van der Waals surface area contributed by atoms with E-state index in [0.717, 1.165) is 29.0 Å². The lowest BCUT2D eigenvalue weighted by molar-refractivity contribution is 0.161. The van der Waals surface area contributed by atoms with Gasteiger partial charge in [-0.1, -0.05) is 120 Å². The standard InChI is InChI=1S/C34H53O3PSi2/c1-27-29(26-36-39(8,9)33(2,3)4)24-28(25-32(27)37-40(10,11)34(5,6)7)22-23-38(35,30-18-14-12-15-19-30)31-20-16-13-17-21-31/h12-22,29,32H,1,23-26H2,2-11H3/t29-,32+/m0/s1. The third-order valence-electron chi connectivity index (χ3n) is 9.57. The maximum atomic E-state index is 14.7. The van der Waals surface area contributed by atoms with E-state index in [-0.39, 0.29) is 22.1 Å². The van der Waals surface area contributed by atoms with E-state index < -0.39 is 23.8 Å². The predicted octanol–water partition coefficient (Wildman–Crippen LogP) is 9.31. The highest BCUT2D eigenvalue weighted by Gasteiger charge is 2.43. The summed E-state index contributed by atoms with van der Waals surface area (Å²) in [4.78, 5) is 0. The maximum absolute atomic E-state index is 14.7. The molecule has 1 aliphatic carbocycles. The van der Waals surface area contributed by atoms with E-state index in [1.54, 1.807) is 0 Å². The lowest BCUT2D eigenvalue weighted by Gasteiger charge is -2.44. The van der Waals surface area contributed by atoms with Gasteiger partial charge in [-0.15, -0.1) is 0 Å². The average molecular weight is 597 g/mol. The van der Waals surface area contributed by atoms with Gasteiger partial charge in [-0.25, -0.2) is 0 Å². The van der Waals surface area contributed by atoms with Gasteiger partial charge in [0.15, 0.2) is 16.6 Å². The Labute approximate surface area is 247 Å². The minimum absolute atomic E-state index is 0.0401. The van der Waals surface area contributed by atoms with Crippen molar-refractivity contribution in [2.75, 3.05) is 12.8 Å². The minimum Gasteiger partial charge on any atom is -0.416 e. The molecule has 1 aliphatic rings. The van der Waals surface area contributed by atoms with Crippen LogP contribution in [0.1, 0.15) is 54.4 Å². The van der Waals surface area contributed by atoms with Gasteiger partial charge in [0.1, 0.15) is 7.14 Å². The second-order valence-corrected chi connectivity index (χ2v) is 27.0. The van der Waals surface area contributed by atoms with E-state index in [1.165, 1.54) is 5.57 Å². The van der Waals surface area contributed by atoms with Crippen molar-refractivity contribution >= 4 is 34.4 Å². The maximum Gasteiger partial charge on any atom is 0.192 e. The van der Waals surface area contributed by atoms with Gasteiger partial charge in [-0.05, 0) is 54.7 Å². The third kappa shape index (κ3) is 7.66. The molecule has 220 valence electrons. The van der Waals surface area contributed by atoms with Crippen molar-refractivity contribution in [3.8, 4) is 0 Å². The fourth-order valence-electron chi connectivity index (χ4n) is 4.63. The Hall–Kier alpha value is -1.50. The largest absolute Gasteiger partial charge is 0.416 e. The van der Waals surface area contributed by atoms with Crippen molar-refractivity contribution in [3.05, 3.63) is 84.5 Å². The van der Waals surface area contributed by atoms with E-state index in [0.29, 0.717) is 12.8 Å².